The van der Waals surface area contributed by atoms with Gasteiger partial charge in [0.2, 0.25) is 5.75 Å². The van der Waals surface area contributed by atoms with Crippen LogP contribution in [0.25, 0.3) is 0 Å². The molecule has 1 N–H and O–H groups in total. The predicted molar refractivity (Wildman–Crippen MR) is 71.9 cm³/mol. The van der Waals surface area contributed by atoms with E-state index >= 15 is 0 Å². The van der Waals surface area contributed by atoms with Gasteiger partial charge in [-0.15, -0.1) is 0 Å². The highest BCUT2D eigenvalue weighted by Gasteiger charge is 2.42. The lowest BCUT2D eigenvalue weighted by molar-refractivity contribution is 0.324. The molecular weight excluding hydrogens is 244 g/mol. The van der Waals surface area contributed by atoms with Crippen molar-refractivity contribution >= 4 is 5.69 Å². The molecule has 1 aromatic rings. The molecule has 19 heavy (non-hydrogen) atoms. The monoisotopic (exact) mass is 262 g/mol. The molecule has 0 heterocycles. The fourth-order valence-corrected chi connectivity index (χ4v) is 1.93. The molecule has 0 aromatic heterocycles. The van der Waals surface area contributed by atoms with Gasteiger partial charge in [-0.25, -0.2) is 0 Å². The zero-order valence-electron chi connectivity index (χ0n) is 11.4. The van der Waals surface area contributed by atoms with Gasteiger partial charge in [0.25, 0.3) is 0 Å². The van der Waals surface area contributed by atoms with Gasteiger partial charge in [0.05, 0.1) is 32.8 Å². The number of hydrogen-bond donors (Lipinski definition) is 1. The number of nitrogens with zero attached hydrogens (tertiary/aromatic N) is 1. The molecule has 0 spiro atoms. The van der Waals surface area contributed by atoms with Gasteiger partial charge < -0.3 is 19.5 Å². The summed E-state index contributed by atoms with van der Waals surface area (Å²) >= 11 is 0. The maximum atomic E-state index is 9.06. The molecule has 1 saturated carbocycles. The Hall–Kier alpha value is -2.09. The molecule has 0 aliphatic heterocycles. The largest absolute Gasteiger partial charge is 0.493 e. The molecule has 0 radical (unpaired) electrons. The molecular formula is C14H18N2O3. The molecule has 0 amide bonds. The van der Waals surface area contributed by atoms with E-state index < -0.39 is 0 Å². The minimum atomic E-state index is -0.194. The van der Waals surface area contributed by atoms with Crippen LogP contribution in [0, 0.1) is 16.7 Å². The lowest BCUT2D eigenvalue weighted by Crippen LogP contribution is -2.13. The molecule has 0 saturated heterocycles. The first-order valence-electron chi connectivity index (χ1n) is 6.13. The van der Waals surface area contributed by atoms with Crippen LogP contribution < -0.4 is 19.5 Å². The summed E-state index contributed by atoms with van der Waals surface area (Å²) in [6.07, 6.45) is 1.92. The highest BCUT2D eigenvalue weighted by atomic mass is 16.5. The average Bonchev–Trinajstić information content (AvgIpc) is 3.24. The summed E-state index contributed by atoms with van der Waals surface area (Å²) in [5.41, 5.74) is 0.663. The third-order valence-corrected chi connectivity index (χ3v) is 3.39. The minimum absolute atomic E-state index is 0.194. The van der Waals surface area contributed by atoms with Crippen LogP contribution in [0.1, 0.15) is 12.8 Å². The quantitative estimate of drug-likeness (QED) is 0.853. The second kappa shape index (κ2) is 5.27. The summed E-state index contributed by atoms with van der Waals surface area (Å²) in [6.45, 7) is 0.641. The first-order chi connectivity index (χ1) is 9.18. The lowest BCUT2D eigenvalue weighted by Gasteiger charge is -2.16. The molecule has 1 aromatic carbocycles. The zero-order valence-corrected chi connectivity index (χ0v) is 11.4. The molecule has 5 nitrogen and oxygen atoms in total. The van der Waals surface area contributed by atoms with E-state index in [9.17, 15) is 0 Å². The average molecular weight is 262 g/mol. The van der Waals surface area contributed by atoms with Gasteiger partial charge in [0.15, 0.2) is 11.5 Å². The van der Waals surface area contributed by atoms with Crippen LogP contribution in [-0.2, 0) is 0 Å². The fourth-order valence-electron chi connectivity index (χ4n) is 1.93. The van der Waals surface area contributed by atoms with Gasteiger partial charge in [-0.2, -0.15) is 5.26 Å². The van der Waals surface area contributed by atoms with E-state index in [4.69, 9.17) is 19.5 Å². The van der Waals surface area contributed by atoms with E-state index in [2.05, 4.69) is 11.4 Å². The van der Waals surface area contributed by atoms with Crippen molar-refractivity contribution in [2.45, 2.75) is 12.8 Å². The number of hydrogen-bond acceptors (Lipinski definition) is 5. The molecule has 1 aliphatic carbocycles. The molecule has 0 atom stereocenters. The Labute approximate surface area is 113 Å². The summed E-state index contributed by atoms with van der Waals surface area (Å²) in [7, 11) is 4.74. The Morgan fingerprint density at radius 2 is 1.74 bits per heavy atom. The summed E-state index contributed by atoms with van der Waals surface area (Å²) < 4.78 is 15.8. The Morgan fingerprint density at radius 1 is 1.16 bits per heavy atom. The number of rotatable bonds is 6. The predicted octanol–water partition coefficient (Wildman–Crippen LogP) is 2.43. The second-order valence-electron chi connectivity index (χ2n) is 4.66. The van der Waals surface area contributed by atoms with Crippen LogP contribution in [-0.4, -0.2) is 27.9 Å². The van der Waals surface area contributed by atoms with Gasteiger partial charge in [0.1, 0.15) is 0 Å². The molecule has 0 unspecified atom stereocenters. The molecule has 1 aliphatic rings. The van der Waals surface area contributed by atoms with Crippen LogP contribution in [0.4, 0.5) is 5.69 Å². The van der Waals surface area contributed by atoms with Crippen molar-refractivity contribution in [3.05, 3.63) is 12.1 Å². The number of anilines is 1. The van der Waals surface area contributed by atoms with Crippen molar-refractivity contribution in [3.63, 3.8) is 0 Å². The summed E-state index contributed by atoms with van der Waals surface area (Å²) in [5.74, 6) is 1.77. The fraction of sp³-hybridized carbons (Fsp3) is 0.500. The van der Waals surface area contributed by atoms with Crippen LogP contribution in [0.15, 0.2) is 12.1 Å². The highest BCUT2D eigenvalue weighted by molar-refractivity contribution is 5.62. The number of ether oxygens (including phenoxy) is 3. The van der Waals surface area contributed by atoms with Crippen LogP contribution in [0.3, 0.4) is 0 Å². The summed E-state index contributed by atoms with van der Waals surface area (Å²) in [6, 6.07) is 6.04. The number of nitriles is 1. The van der Waals surface area contributed by atoms with Gasteiger partial charge in [-0.3, -0.25) is 0 Å². The van der Waals surface area contributed by atoms with Crippen molar-refractivity contribution in [3.8, 4) is 23.3 Å². The lowest BCUT2D eigenvalue weighted by atomic mass is 10.1. The topological polar surface area (TPSA) is 63.5 Å². The van der Waals surface area contributed by atoms with Gasteiger partial charge >= 0.3 is 0 Å². The maximum absolute atomic E-state index is 9.06. The summed E-state index contributed by atoms with van der Waals surface area (Å²) in [5, 5.41) is 12.3. The number of nitrogens with one attached hydrogen (secondary N) is 1. The van der Waals surface area contributed by atoms with Crippen molar-refractivity contribution in [2.24, 2.45) is 5.41 Å². The van der Waals surface area contributed by atoms with Crippen molar-refractivity contribution in [2.75, 3.05) is 33.2 Å². The van der Waals surface area contributed by atoms with Gasteiger partial charge in [0, 0.05) is 24.4 Å². The Bertz CT molecular complexity index is 479. The second-order valence-corrected chi connectivity index (χ2v) is 4.66. The summed E-state index contributed by atoms with van der Waals surface area (Å²) in [4.78, 5) is 0. The van der Waals surface area contributed by atoms with E-state index in [1.54, 1.807) is 21.3 Å². The van der Waals surface area contributed by atoms with Crippen molar-refractivity contribution < 1.29 is 14.2 Å². The normalized spacial score (nSPS) is 15.3. The van der Waals surface area contributed by atoms with E-state index in [0.29, 0.717) is 23.8 Å². The third-order valence-electron chi connectivity index (χ3n) is 3.39. The SMILES string of the molecule is COc1cc(NCC2(C#N)CC2)cc(OC)c1OC. The first-order valence-corrected chi connectivity index (χ1v) is 6.13. The van der Waals surface area contributed by atoms with Gasteiger partial charge in [-0.1, -0.05) is 0 Å². The highest BCUT2D eigenvalue weighted by Crippen LogP contribution is 2.45. The smallest absolute Gasteiger partial charge is 0.203 e. The molecule has 102 valence electrons. The van der Waals surface area contributed by atoms with Crippen LogP contribution in [0.2, 0.25) is 0 Å². The Morgan fingerprint density at radius 3 is 2.11 bits per heavy atom. The number of benzene rings is 1. The Balaban J connectivity index is 2.19. The molecule has 5 heteroatoms. The van der Waals surface area contributed by atoms with E-state index in [1.807, 2.05) is 12.1 Å². The van der Waals surface area contributed by atoms with E-state index in [0.717, 1.165) is 18.5 Å². The molecule has 2 rings (SSSR count). The van der Waals surface area contributed by atoms with Gasteiger partial charge in [-0.05, 0) is 12.8 Å². The minimum Gasteiger partial charge on any atom is -0.493 e. The third kappa shape index (κ3) is 2.68. The van der Waals surface area contributed by atoms with Crippen LogP contribution >= 0.6 is 0 Å². The molecule has 1 fully saturated rings. The standard InChI is InChI=1S/C14H18N2O3/c1-17-11-6-10(7-12(18-2)13(11)19-3)16-9-14(8-15)4-5-14/h6-7,16H,4-5,9H2,1-3H3. The number of methoxy groups -OCH3 is 3. The van der Waals surface area contributed by atoms with Crippen molar-refractivity contribution in [1.82, 2.24) is 0 Å². The van der Waals surface area contributed by atoms with Crippen molar-refractivity contribution in [1.29, 1.82) is 5.26 Å². The van der Waals surface area contributed by atoms with Crippen LogP contribution in [0.5, 0.6) is 17.2 Å². The van der Waals surface area contributed by atoms with E-state index in [1.165, 1.54) is 0 Å². The van der Waals surface area contributed by atoms with E-state index in [-0.39, 0.29) is 5.41 Å². The Kier molecular flexibility index (Phi) is 3.70. The first kappa shape index (κ1) is 13.3. The maximum Gasteiger partial charge on any atom is 0.203 e. The zero-order chi connectivity index (χ0) is 13.9. The molecule has 0 bridgehead atoms.